The number of aliphatic imine (C=N–C) groups is 2. The van der Waals surface area contributed by atoms with Crippen LogP contribution >= 0.6 is 0 Å². The van der Waals surface area contributed by atoms with E-state index in [4.69, 9.17) is 9.47 Å². The number of aliphatic hydroxyl groups is 2. The summed E-state index contributed by atoms with van der Waals surface area (Å²) in [7, 11) is 0. The minimum absolute atomic E-state index is 0. The third-order valence-electron chi connectivity index (χ3n) is 14.3. The van der Waals surface area contributed by atoms with Crippen molar-refractivity contribution in [2.24, 2.45) is 9.98 Å². The van der Waals surface area contributed by atoms with Crippen LogP contribution in [0.4, 0.5) is 64.1 Å². The molecule has 20 heteroatoms. The highest BCUT2D eigenvalue weighted by Gasteiger charge is 2.59. The number of ether oxygens (including phenoxy) is 2. The normalized spacial score (nSPS) is 18.4. The zero-order chi connectivity index (χ0) is 59.3. The van der Waals surface area contributed by atoms with Crippen LogP contribution in [0.15, 0.2) is 131 Å². The number of hydrogen-bond donors (Lipinski definition) is 2. The third kappa shape index (κ3) is 13.1. The van der Waals surface area contributed by atoms with Crippen molar-refractivity contribution in [3.05, 3.63) is 199 Å². The maximum atomic E-state index is 14.4. The van der Waals surface area contributed by atoms with Crippen LogP contribution in [-0.2, 0) is 57.6 Å². The molecular weight excluding hydrogens is 1100 g/mol. The Balaban J connectivity index is 0.000000294. The summed E-state index contributed by atoms with van der Waals surface area (Å²) >= 11 is 0. The van der Waals surface area contributed by atoms with E-state index in [1.54, 1.807) is 37.3 Å². The summed E-state index contributed by atoms with van der Waals surface area (Å²) in [5.41, 5.74) is -9.61. The van der Waals surface area contributed by atoms with Crippen LogP contribution < -0.4 is 0 Å². The molecule has 440 valence electrons. The number of nitrogens with zero attached hydrogens (tertiary/aromatic N) is 2. The molecule has 2 N–H and O–H groups in total. The minimum atomic E-state index is -5.11. The molecule has 2 aliphatic heterocycles. The Labute approximate surface area is 467 Å². The maximum Gasteiger partial charge on any atom is 0.432 e. The summed E-state index contributed by atoms with van der Waals surface area (Å²) in [6.45, 7) is 9.19. The lowest BCUT2D eigenvalue weighted by Crippen LogP contribution is -2.45. The summed E-state index contributed by atoms with van der Waals surface area (Å²) in [4.78, 5) is 33.1. The molecule has 0 fully saturated rings. The van der Waals surface area contributed by atoms with Crippen LogP contribution in [0.25, 0.3) is 0 Å². The highest BCUT2D eigenvalue weighted by molar-refractivity contribution is 6.01. The summed E-state index contributed by atoms with van der Waals surface area (Å²) in [5.74, 6) is -1.12. The largest absolute Gasteiger partial charge is 0.460 e. The number of aryl methyl sites for hydroxylation is 2. The van der Waals surface area contributed by atoms with Crippen molar-refractivity contribution in [2.75, 3.05) is 0 Å². The number of fused-ring (bicyclic) bond motifs is 2. The van der Waals surface area contributed by atoms with Crippen LogP contribution in [-0.4, -0.2) is 58.3 Å². The van der Waals surface area contributed by atoms with Gasteiger partial charge in [-0.05, 0) is 148 Å². The van der Waals surface area contributed by atoms with Crippen LogP contribution in [0, 0.1) is 6.92 Å². The Hall–Kier alpha value is -7.32. The zero-order valence-electron chi connectivity index (χ0n) is 44.3. The van der Waals surface area contributed by atoms with E-state index < -0.39 is 64.9 Å². The average Bonchev–Trinajstić information content (AvgIpc) is 2.84. The Bertz CT molecular complexity index is 3430. The van der Waals surface area contributed by atoms with Crippen LogP contribution in [0.5, 0.6) is 0 Å². The number of benzene rings is 6. The molecule has 2 aliphatic rings. The standard InChI is InChI=1S/C31H30F6O4.C29H24F6N2O2.2CH4/c1-5-21-11-9-19(14-25(21)28(3,40)30(32,33)34)13-20-10-12-23(26(15-20)29(4,41)31(35,36)37)17-27(39)24-8-6-7-22(16-24)18(2)38;1-16-6-5-7-20(12-16)25-37-24-11-9-19(15-22(24)27(4,39-25)29(33,34)35)13-18-8-10-23-21(14-18)26(3,28(30,31)32)38-17(2)36-23;;/h6-12,14-16,40-41H,5,13,17H2,1-4H3;5-12,14-15H,13H2,1-4H3;2*1H4. The zero-order valence-corrected chi connectivity index (χ0v) is 44.3. The minimum Gasteiger partial charge on any atom is -0.460 e. The predicted octanol–water partition coefficient (Wildman–Crippen LogP) is 16.6. The van der Waals surface area contributed by atoms with Gasteiger partial charge in [0.25, 0.3) is 0 Å². The molecular formula is C62H62F12N2O6. The molecule has 4 unspecified atom stereocenters. The van der Waals surface area contributed by atoms with Gasteiger partial charge in [0.15, 0.2) is 28.7 Å². The van der Waals surface area contributed by atoms with Crippen molar-refractivity contribution >= 4 is 34.7 Å². The second-order valence-corrected chi connectivity index (χ2v) is 20.5. The SMILES string of the molecule is C.C.CC1=Nc2ccc(Cc3ccc4c(c3)C(C)(C(F)(F)F)OC(c3cccc(C)c3)=N4)cc2C(C)(C(F)(F)F)O1.CCc1ccc(Cc2ccc(CC(=O)c3cccc(C(C)=O)c3)c(C(C)(O)C(F)(F)F)c2)cc1C(C)(O)C(F)(F)F. The Morgan fingerprint density at radius 2 is 0.988 bits per heavy atom. The molecule has 82 heavy (non-hydrogen) atoms. The molecule has 6 aromatic rings. The Morgan fingerprint density at radius 3 is 1.46 bits per heavy atom. The van der Waals surface area contributed by atoms with Gasteiger partial charge in [-0.25, -0.2) is 9.98 Å². The fraction of sp³-hybridized carbons (Fsp3) is 0.355. The molecule has 0 spiro atoms. The number of carbonyl (C=O) groups excluding carboxylic acids is 2. The van der Waals surface area contributed by atoms with Gasteiger partial charge in [-0.15, -0.1) is 0 Å². The van der Waals surface area contributed by atoms with Gasteiger partial charge < -0.3 is 19.7 Å². The van der Waals surface area contributed by atoms with E-state index in [1.165, 1.54) is 92.7 Å². The number of ketones is 2. The summed E-state index contributed by atoms with van der Waals surface area (Å²) in [5, 5.41) is 20.9. The van der Waals surface area contributed by atoms with E-state index in [2.05, 4.69) is 9.98 Å². The van der Waals surface area contributed by atoms with E-state index in [9.17, 15) is 72.5 Å². The highest BCUT2D eigenvalue weighted by Crippen LogP contribution is 2.51. The van der Waals surface area contributed by atoms with Crippen molar-refractivity contribution in [3.63, 3.8) is 0 Å². The van der Waals surface area contributed by atoms with E-state index in [0.717, 1.165) is 25.5 Å². The highest BCUT2D eigenvalue weighted by atomic mass is 19.4. The van der Waals surface area contributed by atoms with Crippen molar-refractivity contribution in [1.82, 2.24) is 0 Å². The van der Waals surface area contributed by atoms with Crippen molar-refractivity contribution in [1.29, 1.82) is 0 Å². The topological polar surface area (TPSA) is 118 Å². The van der Waals surface area contributed by atoms with Gasteiger partial charge in [0.2, 0.25) is 17.1 Å². The number of hydrogen-bond acceptors (Lipinski definition) is 8. The maximum absolute atomic E-state index is 14.4. The van der Waals surface area contributed by atoms with E-state index in [1.807, 2.05) is 13.0 Å². The van der Waals surface area contributed by atoms with Crippen LogP contribution in [0.1, 0.15) is 151 Å². The summed E-state index contributed by atoms with van der Waals surface area (Å²) < 4.78 is 179. The lowest BCUT2D eigenvalue weighted by Gasteiger charge is -2.37. The molecule has 0 saturated carbocycles. The number of alkyl halides is 12. The molecule has 6 aromatic carbocycles. The Morgan fingerprint density at radius 1 is 0.549 bits per heavy atom. The molecule has 0 amide bonds. The molecule has 8 rings (SSSR count). The van der Waals surface area contributed by atoms with E-state index >= 15 is 0 Å². The van der Waals surface area contributed by atoms with Gasteiger partial charge in [-0.3, -0.25) is 9.59 Å². The first kappa shape index (κ1) is 65.5. The van der Waals surface area contributed by atoms with Gasteiger partial charge in [0.05, 0.1) is 11.4 Å². The van der Waals surface area contributed by atoms with Gasteiger partial charge in [-0.2, -0.15) is 52.7 Å². The molecule has 0 bridgehead atoms. The first-order valence-corrected chi connectivity index (χ1v) is 24.9. The Kier molecular flexibility index (Phi) is 18.8. The number of halogens is 12. The number of carbonyl (C=O) groups is 2. The molecule has 8 nitrogen and oxygen atoms in total. The van der Waals surface area contributed by atoms with Gasteiger partial charge >= 0.3 is 24.7 Å². The number of Topliss-reactive ketones (excluding diaryl/α,β-unsaturated/α-hetero) is 2. The predicted molar refractivity (Wildman–Crippen MR) is 289 cm³/mol. The first-order valence-electron chi connectivity index (χ1n) is 24.9. The van der Waals surface area contributed by atoms with Gasteiger partial charge in [0.1, 0.15) is 0 Å². The smallest absolute Gasteiger partial charge is 0.432 e. The third-order valence-corrected chi connectivity index (χ3v) is 14.3. The van der Waals surface area contributed by atoms with Gasteiger partial charge in [0, 0.05) is 41.2 Å². The van der Waals surface area contributed by atoms with Crippen molar-refractivity contribution < 1.29 is 82.0 Å². The quantitative estimate of drug-likeness (QED) is 0.0931. The monoisotopic (exact) mass is 1160 g/mol. The molecule has 0 saturated heterocycles. The molecule has 0 aromatic heterocycles. The summed E-state index contributed by atoms with van der Waals surface area (Å²) in [6.07, 6.45) is -19.9. The molecule has 4 atom stereocenters. The summed E-state index contributed by atoms with van der Waals surface area (Å²) in [6, 6.07) is 29.3. The van der Waals surface area contributed by atoms with Crippen molar-refractivity contribution in [3.8, 4) is 0 Å². The molecule has 0 radical (unpaired) electrons. The van der Waals surface area contributed by atoms with Gasteiger partial charge in [-0.1, -0.05) is 106 Å². The number of rotatable bonds is 12. The molecule has 0 aliphatic carbocycles. The van der Waals surface area contributed by atoms with Crippen molar-refractivity contribution in [2.45, 2.75) is 143 Å². The fourth-order valence-electron chi connectivity index (χ4n) is 9.39. The van der Waals surface area contributed by atoms with Crippen LogP contribution in [0.2, 0.25) is 0 Å². The molecule has 2 heterocycles. The van der Waals surface area contributed by atoms with Crippen LogP contribution in [0.3, 0.4) is 0 Å². The fourth-order valence-corrected chi connectivity index (χ4v) is 9.39. The van der Waals surface area contributed by atoms with E-state index in [-0.39, 0.29) is 108 Å². The lowest BCUT2D eigenvalue weighted by atomic mass is 9.84. The lowest BCUT2D eigenvalue weighted by molar-refractivity contribution is -0.259. The van der Waals surface area contributed by atoms with E-state index in [0.29, 0.717) is 36.1 Å². The first-order chi connectivity index (χ1) is 36.9. The second kappa shape index (κ2) is 23.5. The second-order valence-electron chi connectivity index (χ2n) is 20.5. The average molecular weight is 1160 g/mol.